The summed E-state index contributed by atoms with van der Waals surface area (Å²) in [6, 6.07) is 0. The lowest BCUT2D eigenvalue weighted by Gasteiger charge is -2.30. The number of halogens is 6. The zero-order chi connectivity index (χ0) is 49.0. The number of nitrogens with one attached hydrogen (secondary N) is 6. The average Bonchev–Trinajstić information content (AvgIpc) is 3.27. The highest BCUT2D eigenvalue weighted by molar-refractivity contribution is 14.1. The number of carbonyl (C=O) groups is 8. The van der Waals surface area contributed by atoms with E-state index in [1.54, 1.807) is 0 Å². The van der Waals surface area contributed by atoms with Crippen molar-refractivity contribution in [1.29, 1.82) is 0 Å². The molecule has 28 heteroatoms. The normalized spacial score (nSPS) is 17.9. The SMILES string of the molecule is O=C(CCC(=O)NCC(CO)(CO)CNC(=O)CCC(=O)N=C1C(I)=C(C(=O)NCCO)C(I)=C(C(=O)NCCO)C1I)N=C1C(I)=C(C(=O)NCCO)C(I)=C(C(=O)NCCO)C1I. The van der Waals surface area contributed by atoms with Crippen LogP contribution in [0.25, 0.3) is 0 Å². The largest absolute Gasteiger partial charge is 0.396 e. The van der Waals surface area contributed by atoms with Crippen molar-refractivity contribution < 1.29 is 69.0 Å². The molecule has 8 amide bonds. The van der Waals surface area contributed by atoms with Crippen LogP contribution in [0.1, 0.15) is 25.7 Å². The Bertz CT molecular complexity index is 1920. The van der Waals surface area contributed by atoms with Crippen molar-refractivity contribution in [1.82, 2.24) is 31.9 Å². The van der Waals surface area contributed by atoms with Crippen molar-refractivity contribution in [2.75, 3.05) is 78.9 Å². The predicted octanol–water partition coefficient (Wildman–Crippen LogP) is -1.49. The molecule has 0 radical (unpaired) electrons. The smallest absolute Gasteiger partial charge is 0.253 e. The van der Waals surface area contributed by atoms with Gasteiger partial charge in [0.25, 0.3) is 11.8 Å². The highest BCUT2D eigenvalue weighted by Crippen LogP contribution is 2.41. The second-order valence-corrected chi connectivity index (χ2v) is 20.4. The van der Waals surface area contributed by atoms with Crippen LogP contribution in [0.3, 0.4) is 0 Å². The molecule has 0 aliphatic heterocycles. The van der Waals surface area contributed by atoms with Gasteiger partial charge in [-0.05, 0) is 90.4 Å². The van der Waals surface area contributed by atoms with Gasteiger partial charge in [0.2, 0.25) is 35.4 Å². The molecule has 0 aromatic carbocycles. The van der Waals surface area contributed by atoms with E-state index in [-0.39, 0.29) is 114 Å². The number of allylic oxidation sites excluding steroid dienone is 2. The van der Waals surface area contributed by atoms with Gasteiger partial charge in [0, 0.05) is 90.4 Å². The van der Waals surface area contributed by atoms with Gasteiger partial charge >= 0.3 is 0 Å². The number of aliphatic hydroxyl groups excluding tert-OH is 6. The fourth-order valence-electron chi connectivity index (χ4n) is 5.43. The minimum absolute atomic E-state index is 0.0466. The molecule has 22 nitrogen and oxygen atoms in total. The molecule has 2 rings (SSSR count). The molecular formula is C37H46I6N8O14. The van der Waals surface area contributed by atoms with Crippen LogP contribution in [-0.4, -0.2) is 176 Å². The lowest BCUT2D eigenvalue weighted by atomic mass is 9.89. The predicted molar refractivity (Wildman–Crippen MR) is 286 cm³/mol. The Balaban J connectivity index is 2.12. The van der Waals surface area contributed by atoms with Crippen molar-refractivity contribution in [3.8, 4) is 0 Å². The van der Waals surface area contributed by atoms with Crippen LogP contribution in [0, 0.1) is 5.41 Å². The van der Waals surface area contributed by atoms with Gasteiger partial charge in [-0.1, -0.05) is 45.2 Å². The number of hydrogen-bond donors (Lipinski definition) is 12. The number of rotatable bonds is 24. The summed E-state index contributed by atoms with van der Waals surface area (Å²) in [5.41, 5.74) is -1.00. The van der Waals surface area contributed by atoms with E-state index in [9.17, 15) is 69.0 Å². The second-order valence-electron chi connectivity index (χ2n) is 13.6. The van der Waals surface area contributed by atoms with E-state index < -0.39 is 99.4 Å². The minimum Gasteiger partial charge on any atom is -0.396 e. The first-order valence-electron chi connectivity index (χ1n) is 19.2. The second kappa shape index (κ2) is 30.3. The summed E-state index contributed by atoms with van der Waals surface area (Å²) in [7, 11) is 0. The zero-order valence-corrected chi connectivity index (χ0v) is 47.0. The highest BCUT2D eigenvalue weighted by atomic mass is 127. The summed E-state index contributed by atoms with van der Waals surface area (Å²) in [5.74, 6) is -5.33. The standard InChI is InChI=1S/C37H46I6N8O14/c38-25-21(33(62)44-5-9-52)27(40)31(28(41)22(25)34(63)45-6-10-53)50-19(60)3-1-17(58)48-13-37(15-56,16-57)14-49-18(59)2-4-20(61)51-32-29(42)23(35(64)46-7-11-54)26(39)24(30(32)43)36(65)47-8-12-55/h27,29,52-57H,1-16H2,(H,44,62)(H,45,63)(H,46,64)(H,47,65)(H,48,58)(H,49,59). The molecule has 0 bridgehead atoms. The first-order chi connectivity index (χ1) is 30.8. The Labute approximate surface area is 454 Å². The maximum atomic E-state index is 13.1. The van der Waals surface area contributed by atoms with Crippen LogP contribution in [0.5, 0.6) is 0 Å². The number of carbonyl (C=O) groups excluding carboxylic acids is 8. The summed E-state index contributed by atoms with van der Waals surface area (Å²) in [6.45, 7) is -3.79. The number of hydrogen-bond acceptors (Lipinski definition) is 14. The van der Waals surface area contributed by atoms with Crippen LogP contribution in [0.4, 0.5) is 0 Å². The van der Waals surface area contributed by atoms with Gasteiger partial charge in [0.1, 0.15) is 0 Å². The van der Waals surface area contributed by atoms with E-state index in [0.717, 1.165) is 0 Å². The van der Waals surface area contributed by atoms with E-state index in [4.69, 9.17) is 0 Å². The molecule has 0 saturated carbocycles. The Kier molecular flexibility index (Phi) is 27.8. The average molecular weight is 1590 g/mol. The Hall–Kier alpha value is -1.40. The minimum atomic E-state index is -1.47. The summed E-state index contributed by atoms with van der Waals surface area (Å²) in [4.78, 5) is 112. The topological polar surface area (TPSA) is 355 Å². The quantitative estimate of drug-likeness (QED) is 0.0387. The molecule has 12 N–H and O–H groups in total. The van der Waals surface area contributed by atoms with Crippen LogP contribution < -0.4 is 31.9 Å². The summed E-state index contributed by atoms with van der Waals surface area (Å²) >= 11 is 11.1. The Morgan fingerprint density at radius 1 is 0.462 bits per heavy atom. The Morgan fingerprint density at radius 2 is 0.769 bits per heavy atom. The van der Waals surface area contributed by atoms with Gasteiger partial charge in [-0.15, -0.1) is 0 Å². The summed E-state index contributed by atoms with van der Waals surface area (Å²) in [5, 5.41) is 72.3. The van der Waals surface area contributed by atoms with Crippen LogP contribution >= 0.6 is 136 Å². The first-order valence-corrected chi connectivity index (χ1v) is 26.0. The van der Waals surface area contributed by atoms with E-state index in [0.29, 0.717) is 0 Å². The molecule has 0 saturated heterocycles. The third kappa shape index (κ3) is 17.5. The van der Waals surface area contributed by atoms with Crippen molar-refractivity contribution in [2.45, 2.75) is 33.5 Å². The molecule has 0 spiro atoms. The molecule has 65 heavy (non-hydrogen) atoms. The van der Waals surface area contributed by atoms with Gasteiger partial charge in [-0.2, -0.15) is 0 Å². The maximum absolute atomic E-state index is 13.1. The summed E-state index contributed by atoms with van der Waals surface area (Å²) < 4.78 is -0.546. The maximum Gasteiger partial charge on any atom is 0.253 e. The van der Waals surface area contributed by atoms with Gasteiger partial charge in [0.15, 0.2) is 0 Å². The monoisotopic (exact) mass is 1590 g/mol. The highest BCUT2D eigenvalue weighted by Gasteiger charge is 2.39. The van der Waals surface area contributed by atoms with Crippen molar-refractivity contribution in [2.24, 2.45) is 15.4 Å². The van der Waals surface area contributed by atoms with Gasteiger partial charge in [-0.25, -0.2) is 9.98 Å². The lowest BCUT2D eigenvalue weighted by molar-refractivity contribution is -0.126. The molecule has 2 aliphatic rings. The third-order valence-electron chi connectivity index (χ3n) is 8.93. The molecule has 2 atom stereocenters. The van der Waals surface area contributed by atoms with Gasteiger partial charge < -0.3 is 62.5 Å². The van der Waals surface area contributed by atoms with E-state index >= 15 is 0 Å². The molecule has 2 unspecified atom stereocenters. The summed E-state index contributed by atoms with van der Waals surface area (Å²) in [6.07, 6.45) is -1.61. The fourth-order valence-corrected chi connectivity index (χ4v) is 15.0. The third-order valence-corrected chi connectivity index (χ3v) is 15.8. The first kappa shape index (κ1) is 59.7. The number of nitrogens with zero attached hydrogens (tertiary/aromatic N) is 2. The number of aliphatic hydroxyl groups is 6. The molecule has 0 aromatic rings. The van der Waals surface area contributed by atoms with E-state index in [1.165, 1.54) is 0 Å². The molecule has 0 fully saturated rings. The van der Waals surface area contributed by atoms with Crippen LogP contribution in [-0.2, 0) is 38.4 Å². The number of amides is 8. The molecule has 0 aromatic heterocycles. The molecule has 2 aliphatic carbocycles. The van der Waals surface area contributed by atoms with E-state index in [2.05, 4.69) is 41.9 Å². The van der Waals surface area contributed by atoms with E-state index in [1.807, 2.05) is 136 Å². The lowest BCUT2D eigenvalue weighted by Crippen LogP contribution is -2.50. The number of alkyl halides is 2. The zero-order valence-electron chi connectivity index (χ0n) is 34.1. The van der Waals surface area contributed by atoms with Crippen LogP contribution in [0.2, 0.25) is 0 Å². The van der Waals surface area contributed by atoms with Crippen molar-refractivity contribution in [3.63, 3.8) is 0 Å². The van der Waals surface area contributed by atoms with Gasteiger partial charge in [-0.3, -0.25) is 38.4 Å². The fraction of sp³-hybridized carbons (Fsp3) is 0.514. The van der Waals surface area contributed by atoms with Crippen molar-refractivity contribution in [3.05, 3.63) is 36.6 Å². The molecular weight excluding hydrogens is 1540 g/mol. The Morgan fingerprint density at radius 3 is 1.06 bits per heavy atom. The molecule has 360 valence electrons. The van der Waals surface area contributed by atoms with Crippen molar-refractivity contribution >= 4 is 194 Å². The number of aliphatic imine (C=N–C) groups is 2. The molecule has 0 heterocycles. The van der Waals surface area contributed by atoms with Gasteiger partial charge in [0.05, 0.1) is 75.5 Å². The van der Waals surface area contributed by atoms with Crippen LogP contribution in [0.15, 0.2) is 46.6 Å².